The molecule has 2 N–H and O–H groups in total. The van der Waals surface area contributed by atoms with E-state index >= 15 is 0 Å². The number of nitro benzene ring substituents is 1. The van der Waals surface area contributed by atoms with E-state index in [1.165, 1.54) is 16.4 Å². The molecule has 0 atom stereocenters. The molecule has 32 heavy (non-hydrogen) atoms. The van der Waals surface area contributed by atoms with Crippen LogP contribution in [0.1, 0.15) is 25.3 Å². The van der Waals surface area contributed by atoms with E-state index in [1.54, 1.807) is 25.1 Å². The van der Waals surface area contributed by atoms with E-state index in [1.807, 2.05) is 0 Å². The fourth-order valence-corrected chi connectivity index (χ4v) is 5.12. The second-order valence-electron chi connectivity index (χ2n) is 7.84. The second kappa shape index (κ2) is 9.85. The third kappa shape index (κ3) is 5.37. The van der Waals surface area contributed by atoms with Gasteiger partial charge in [-0.15, -0.1) is 0 Å². The smallest absolute Gasteiger partial charge is 0.293 e. The molecule has 172 valence electrons. The number of hydrogen-bond donors (Lipinski definition) is 2. The molecule has 1 fully saturated rings. The number of carbonyl (C=O) groups is 1. The van der Waals surface area contributed by atoms with E-state index in [2.05, 4.69) is 17.6 Å². The minimum absolute atomic E-state index is 0.0548. The number of halogens is 1. The van der Waals surface area contributed by atoms with Crippen molar-refractivity contribution >= 4 is 44.6 Å². The van der Waals surface area contributed by atoms with Crippen LogP contribution in [0, 0.1) is 23.0 Å². The molecule has 1 aliphatic heterocycles. The predicted octanol–water partition coefficient (Wildman–Crippen LogP) is 4.03. The van der Waals surface area contributed by atoms with Gasteiger partial charge in [0.2, 0.25) is 15.9 Å². The van der Waals surface area contributed by atoms with Crippen LogP contribution in [0.4, 0.5) is 17.1 Å². The van der Waals surface area contributed by atoms with Crippen molar-refractivity contribution < 1.29 is 18.1 Å². The Kier molecular flexibility index (Phi) is 7.37. The first-order chi connectivity index (χ1) is 15.1. The van der Waals surface area contributed by atoms with Gasteiger partial charge in [0.15, 0.2) is 0 Å². The molecule has 2 aromatic carbocycles. The van der Waals surface area contributed by atoms with Gasteiger partial charge in [-0.1, -0.05) is 24.6 Å². The fraction of sp³-hybridized carbons (Fsp3) is 0.381. The van der Waals surface area contributed by atoms with Crippen molar-refractivity contribution in [3.05, 3.63) is 57.1 Å². The second-order valence-corrected chi connectivity index (χ2v) is 10.2. The van der Waals surface area contributed by atoms with Crippen LogP contribution in [-0.4, -0.2) is 43.2 Å². The molecule has 0 bridgehead atoms. The van der Waals surface area contributed by atoms with Crippen LogP contribution in [0.5, 0.6) is 0 Å². The number of amides is 1. The van der Waals surface area contributed by atoms with E-state index in [0.29, 0.717) is 35.3 Å². The maximum atomic E-state index is 12.9. The number of anilines is 2. The summed E-state index contributed by atoms with van der Waals surface area (Å²) in [6, 6.07) is 8.77. The van der Waals surface area contributed by atoms with Gasteiger partial charge in [-0.3, -0.25) is 14.9 Å². The first-order valence-corrected chi connectivity index (χ1v) is 12.0. The van der Waals surface area contributed by atoms with E-state index in [9.17, 15) is 23.3 Å². The van der Waals surface area contributed by atoms with Crippen LogP contribution in [0.15, 0.2) is 41.3 Å². The van der Waals surface area contributed by atoms with Crippen molar-refractivity contribution in [3.63, 3.8) is 0 Å². The lowest BCUT2D eigenvalue weighted by Gasteiger charge is -2.29. The Balaban J connectivity index is 1.74. The third-order valence-electron chi connectivity index (χ3n) is 5.53. The normalized spacial score (nSPS) is 15.3. The molecule has 11 heteroatoms. The van der Waals surface area contributed by atoms with Gasteiger partial charge in [0.1, 0.15) is 5.69 Å². The van der Waals surface area contributed by atoms with E-state index in [4.69, 9.17) is 11.6 Å². The van der Waals surface area contributed by atoms with Gasteiger partial charge in [0, 0.05) is 29.9 Å². The first-order valence-electron chi connectivity index (χ1n) is 10.2. The fourth-order valence-electron chi connectivity index (χ4n) is 3.46. The van der Waals surface area contributed by atoms with Crippen molar-refractivity contribution in [2.24, 2.45) is 5.92 Å². The Hall–Kier alpha value is -2.69. The lowest BCUT2D eigenvalue weighted by Crippen LogP contribution is -2.37. The first kappa shape index (κ1) is 24.0. The molecule has 0 aromatic heterocycles. The zero-order valence-corrected chi connectivity index (χ0v) is 19.4. The highest BCUT2D eigenvalue weighted by Gasteiger charge is 2.30. The molecular weight excluding hydrogens is 456 g/mol. The summed E-state index contributed by atoms with van der Waals surface area (Å²) in [6.07, 6.45) is 1.50. The molecule has 0 unspecified atom stereocenters. The molecule has 0 spiro atoms. The van der Waals surface area contributed by atoms with Crippen LogP contribution in [-0.2, 0) is 14.8 Å². The average Bonchev–Trinajstić information content (AvgIpc) is 2.75. The molecule has 1 saturated heterocycles. The molecule has 1 aliphatic rings. The number of nitrogens with zero attached hydrogens (tertiary/aromatic N) is 2. The largest absolute Gasteiger partial charge is 0.371 e. The maximum Gasteiger partial charge on any atom is 0.293 e. The number of sulfonamides is 1. The van der Waals surface area contributed by atoms with Crippen LogP contribution < -0.4 is 10.6 Å². The summed E-state index contributed by atoms with van der Waals surface area (Å²) in [6.45, 7) is 4.36. The van der Waals surface area contributed by atoms with Crippen molar-refractivity contribution in [3.8, 4) is 0 Å². The maximum absolute atomic E-state index is 12.9. The Labute approximate surface area is 192 Å². The molecule has 1 amide bonds. The summed E-state index contributed by atoms with van der Waals surface area (Å²) in [5, 5.41) is 17.5. The van der Waals surface area contributed by atoms with Crippen molar-refractivity contribution in [1.29, 1.82) is 0 Å². The highest BCUT2D eigenvalue weighted by Crippen LogP contribution is 2.30. The summed E-state index contributed by atoms with van der Waals surface area (Å²) in [7, 11) is -3.83. The number of nitro groups is 1. The van der Waals surface area contributed by atoms with Gasteiger partial charge in [-0.2, -0.15) is 4.31 Å². The van der Waals surface area contributed by atoms with E-state index < -0.39 is 26.5 Å². The Morgan fingerprint density at radius 2 is 1.91 bits per heavy atom. The number of nitrogens with one attached hydrogen (secondary N) is 2. The summed E-state index contributed by atoms with van der Waals surface area (Å²) >= 11 is 6.05. The number of hydrogen-bond acceptors (Lipinski definition) is 6. The highest BCUT2D eigenvalue weighted by atomic mass is 35.5. The number of carbonyl (C=O) groups excluding carboxylic acids is 1. The lowest BCUT2D eigenvalue weighted by atomic mass is 10.0. The minimum Gasteiger partial charge on any atom is -0.371 e. The molecule has 0 saturated carbocycles. The molecule has 9 nitrogen and oxygen atoms in total. The molecular formula is C21H25ClN4O5S. The quantitative estimate of drug-likeness (QED) is 0.455. The lowest BCUT2D eigenvalue weighted by molar-refractivity contribution is -0.384. The predicted molar refractivity (Wildman–Crippen MR) is 124 cm³/mol. The number of rotatable bonds is 7. The van der Waals surface area contributed by atoms with Crippen molar-refractivity contribution in [1.82, 2.24) is 4.31 Å². The Morgan fingerprint density at radius 3 is 2.56 bits per heavy atom. The Morgan fingerprint density at radius 1 is 1.22 bits per heavy atom. The minimum atomic E-state index is -3.83. The molecule has 1 heterocycles. The molecule has 3 rings (SSSR count). The van der Waals surface area contributed by atoms with Gasteiger partial charge in [0.25, 0.3) is 5.69 Å². The van der Waals surface area contributed by atoms with Crippen molar-refractivity contribution in [2.75, 3.05) is 30.3 Å². The SMILES string of the molecule is Cc1c(Cl)cccc1NC(=O)CNc1ccc(S(=O)(=O)N2CCC(C)CC2)cc1[N+](=O)[O-]. The zero-order chi connectivity index (χ0) is 23.5. The van der Waals surface area contributed by atoms with Gasteiger partial charge in [-0.25, -0.2) is 8.42 Å². The van der Waals surface area contributed by atoms with E-state index in [-0.39, 0.29) is 17.1 Å². The van der Waals surface area contributed by atoms with Crippen LogP contribution in [0.25, 0.3) is 0 Å². The van der Waals surface area contributed by atoms with Gasteiger partial charge in [-0.05, 0) is 55.5 Å². The number of piperidine rings is 1. The van der Waals surface area contributed by atoms with Crippen molar-refractivity contribution in [2.45, 2.75) is 31.6 Å². The van der Waals surface area contributed by atoms with Crippen LogP contribution in [0.3, 0.4) is 0 Å². The summed E-state index contributed by atoms with van der Waals surface area (Å²) in [5.74, 6) is 0.0213. The topological polar surface area (TPSA) is 122 Å². The average molecular weight is 481 g/mol. The standard InChI is InChI=1S/C21H25ClN4O5S/c1-14-8-10-25(11-9-14)32(30,31)16-6-7-19(20(12-16)26(28)29)23-13-21(27)24-18-5-3-4-17(22)15(18)2/h3-7,12,14,23H,8-11,13H2,1-2H3,(H,24,27). The highest BCUT2D eigenvalue weighted by molar-refractivity contribution is 7.89. The van der Waals surface area contributed by atoms with Crippen LogP contribution in [0.2, 0.25) is 5.02 Å². The summed E-state index contributed by atoms with van der Waals surface area (Å²) in [5.41, 5.74) is 0.883. The van der Waals surface area contributed by atoms with Gasteiger partial charge < -0.3 is 10.6 Å². The molecule has 0 radical (unpaired) electrons. The number of benzene rings is 2. The summed E-state index contributed by atoms with van der Waals surface area (Å²) in [4.78, 5) is 23.1. The monoisotopic (exact) mass is 480 g/mol. The Bertz CT molecular complexity index is 1130. The van der Waals surface area contributed by atoms with E-state index in [0.717, 1.165) is 18.9 Å². The molecule has 2 aromatic rings. The van der Waals surface area contributed by atoms with Gasteiger partial charge in [0.05, 0.1) is 16.4 Å². The third-order valence-corrected chi connectivity index (χ3v) is 7.83. The van der Waals surface area contributed by atoms with Gasteiger partial charge >= 0.3 is 0 Å². The van der Waals surface area contributed by atoms with Crippen LogP contribution >= 0.6 is 11.6 Å². The summed E-state index contributed by atoms with van der Waals surface area (Å²) < 4.78 is 27.2. The molecule has 0 aliphatic carbocycles. The zero-order valence-electron chi connectivity index (χ0n) is 17.8.